The highest BCUT2D eigenvalue weighted by Gasteiger charge is 2.26. The van der Waals surface area contributed by atoms with E-state index in [0.717, 1.165) is 32.7 Å². The van der Waals surface area contributed by atoms with Crippen LogP contribution in [0.15, 0.2) is 119 Å². The number of anilines is 2. The van der Waals surface area contributed by atoms with Gasteiger partial charge in [0.2, 0.25) is 0 Å². The molecule has 0 atom stereocenters. The van der Waals surface area contributed by atoms with Crippen LogP contribution < -0.4 is 4.90 Å². The molecule has 0 N–H and O–H groups in total. The summed E-state index contributed by atoms with van der Waals surface area (Å²) in [6.07, 6.45) is 2.43. The summed E-state index contributed by atoms with van der Waals surface area (Å²) in [5, 5.41) is 0. The predicted molar refractivity (Wildman–Crippen MR) is 156 cm³/mol. The lowest BCUT2D eigenvalue weighted by molar-refractivity contribution is 0.108. The van der Waals surface area contributed by atoms with Gasteiger partial charge in [0.05, 0.1) is 17.4 Å². The van der Waals surface area contributed by atoms with Crippen LogP contribution in [0.3, 0.4) is 0 Å². The topological polar surface area (TPSA) is 9.72 Å². The summed E-state index contributed by atoms with van der Waals surface area (Å²) < 4.78 is 0. The highest BCUT2D eigenvalue weighted by Crippen LogP contribution is 2.47. The van der Waals surface area contributed by atoms with Gasteiger partial charge in [-0.3, -0.25) is 4.90 Å². The van der Waals surface area contributed by atoms with Gasteiger partial charge in [-0.15, -0.1) is 0 Å². The molecule has 2 heterocycles. The van der Waals surface area contributed by atoms with Crippen molar-refractivity contribution in [2.75, 3.05) is 44.2 Å². The van der Waals surface area contributed by atoms with E-state index in [1.807, 2.05) is 11.8 Å². The zero-order valence-corrected chi connectivity index (χ0v) is 22.2. The van der Waals surface area contributed by atoms with Gasteiger partial charge in [-0.05, 0) is 54.8 Å². The van der Waals surface area contributed by atoms with E-state index in [2.05, 4.69) is 124 Å². The van der Waals surface area contributed by atoms with Crippen LogP contribution in [0.4, 0.5) is 11.4 Å². The molecule has 1 fully saturated rings. The summed E-state index contributed by atoms with van der Waals surface area (Å²) in [6, 6.07) is 40.0. The van der Waals surface area contributed by atoms with E-state index in [1.165, 1.54) is 51.7 Å². The molecule has 0 amide bonds. The van der Waals surface area contributed by atoms with Crippen LogP contribution in [0.1, 0.15) is 30.0 Å². The van der Waals surface area contributed by atoms with Crippen LogP contribution in [0.5, 0.6) is 0 Å². The Morgan fingerprint density at radius 3 is 1.59 bits per heavy atom. The summed E-state index contributed by atoms with van der Waals surface area (Å²) in [5.74, 6) is 0. The fraction of sp³-hybridized carbons (Fsp3) is 0.273. The van der Waals surface area contributed by atoms with Crippen molar-refractivity contribution >= 4 is 23.1 Å². The van der Waals surface area contributed by atoms with Gasteiger partial charge >= 0.3 is 0 Å². The number of unbranched alkanes of at least 4 members (excludes halogenated alkanes) is 1. The van der Waals surface area contributed by atoms with E-state index in [4.69, 9.17) is 0 Å². The minimum Gasteiger partial charge on any atom is -0.340 e. The summed E-state index contributed by atoms with van der Waals surface area (Å²) in [6.45, 7) is 6.75. The summed E-state index contributed by atoms with van der Waals surface area (Å²) >= 11 is 1.89. The third-order valence-electron chi connectivity index (χ3n) is 7.64. The molecule has 4 heteroatoms. The molecule has 3 nitrogen and oxygen atoms in total. The quantitative estimate of drug-likeness (QED) is 0.230. The fourth-order valence-corrected chi connectivity index (χ4v) is 6.85. The minimum atomic E-state index is 0.335. The van der Waals surface area contributed by atoms with Crippen LogP contribution in [0, 0.1) is 0 Å². The highest BCUT2D eigenvalue weighted by atomic mass is 32.2. The average molecular weight is 506 g/mol. The van der Waals surface area contributed by atoms with Crippen LogP contribution >= 0.6 is 11.8 Å². The molecule has 2 aliphatic rings. The largest absolute Gasteiger partial charge is 0.340 e. The van der Waals surface area contributed by atoms with Crippen molar-refractivity contribution in [3.8, 4) is 0 Å². The molecule has 2 aliphatic heterocycles. The molecule has 0 radical (unpaired) electrons. The Kier molecular flexibility index (Phi) is 7.59. The van der Waals surface area contributed by atoms with E-state index in [0.29, 0.717) is 6.04 Å². The van der Waals surface area contributed by atoms with Gasteiger partial charge in [-0.1, -0.05) is 96.7 Å². The maximum Gasteiger partial charge on any atom is 0.0602 e. The number of benzene rings is 4. The monoisotopic (exact) mass is 505 g/mol. The Bertz CT molecular complexity index is 1200. The molecular weight excluding hydrogens is 470 g/mol. The van der Waals surface area contributed by atoms with Crippen LogP contribution in [-0.2, 0) is 0 Å². The third kappa shape index (κ3) is 5.47. The lowest BCUT2D eigenvalue weighted by Crippen LogP contribution is -2.48. The van der Waals surface area contributed by atoms with Gasteiger partial charge in [-0.2, -0.15) is 0 Å². The maximum atomic E-state index is 2.67. The first-order chi connectivity index (χ1) is 18.4. The third-order valence-corrected chi connectivity index (χ3v) is 8.77. The Labute approximate surface area is 225 Å². The first-order valence-corrected chi connectivity index (χ1v) is 14.4. The number of piperazine rings is 1. The van der Waals surface area contributed by atoms with E-state index in [-0.39, 0.29) is 0 Å². The number of hydrogen-bond acceptors (Lipinski definition) is 4. The molecule has 4 aromatic carbocycles. The first-order valence-electron chi connectivity index (χ1n) is 13.6. The van der Waals surface area contributed by atoms with Crippen molar-refractivity contribution < 1.29 is 0 Å². The number of para-hydroxylation sites is 2. The lowest BCUT2D eigenvalue weighted by atomic mass is 9.96. The van der Waals surface area contributed by atoms with Crippen molar-refractivity contribution in [1.29, 1.82) is 0 Å². The Morgan fingerprint density at radius 1 is 0.541 bits per heavy atom. The minimum absolute atomic E-state index is 0.335. The van der Waals surface area contributed by atoms with Crippen molar-refractivity contribution in [3.05, 3.63) is 120 Å². The molecular formula is C33H35N3S. The zero-order valence-electron chi connectivity index (χ0n) is 21.4. The van der Waals surface area contributed by atoms with Gasteiger partial charge in [0.15, 0.2) is 0 Å². The van der Waals surface area contributed by atoms with Crippen LogP contribution in [0.25, 0.3) is 0 Å². The van der Waals surface area contributed by atoms with E-state index < -0.39 is 0 Å². The Hall–Kier alpha value is -3.05. The van der Waals surface area contributed by atoms with Crippen LogP contribution in [0.2, 0.25) is 0 Å². The Balaban J connectivity index is 1.04. The molecule has 6 rings (SSSR count). The fourth-order valence-electron chi connectivity index (χ4n) is 5.76. The SMILES string of the molecule is c1ccc(C(c2ccccc2)N2CCN(CCCCN3c4ccccc4Sc4ccccc43)CC2)cc1. The molecule has 0 aromatic heterocycles. The van der Waals surface area contributed by atoms with Gasteiger partial charge in [-0.25, -0.2) is 0 Å². The van der Waals surface area contributed by atoms with Crippen molar-refractivity contribution in [2.45, 2.75) is 28.7 Å². The predicted octanol–water partition coefficient (Wildman–Crippen LogP) is 7.48. The molecule has 1 saturated heterocycles. The average Bonchev–Trinajstić information content (AvgIpc) is 2.97. The standard InChI is InChI=1S/C33H35N3S/c1-3-13-27(14-4-1)33(28-15-5-2-6-16-28)35-25-23-34(24-26-35)21-11-12-22-36-29-17-7-9-19-31(29)37-32-20-10-8-18-30(32)36/h1-10,13-20,33H,11-12,21-26H2. The van der Waals surface area contributed by atoms with Crippen molar-refractivity contribution in [2.24, 2.45) is 0 Å². The smallest absolute Gasteiger partial charge is 0.0602 e. The molecule has 188 valence electrons. The lowest BCUT2D eigenvalue weighted by Gasteiger charge is -2.40. The highest BCUT2D eigenvalue weighted by molar-refractivity contribution is 7.99. The second kappa shape index (κ2) is 11.6. The number of hydrogen-bond donors (Lipinski definition) is 0. The van der Waals surface area contributed by atoms with E-state index in [9.17, 15) is 0 Å². The molecule has 0 spiro atoms. The normalized spacial score (nSPS) is 16.0. The van der Waals surface area contributed by atoms with Crippen molar-refractivity contribution in [3.63, 3.8) is 0 Å². The van der Waals surface area contributed by atoms with Crippen LogP contribution in [-0.4, -0.2) is 49.1 Å². The molecule has 0 bridgehead atoms. The van der Waals surface area contributed by atoms with Gasteiger partial charge < -0.3 is 9.80 Å². The zero-order chi connectivity index (χ0) is 24.9. The number of rotatable bonds is 8. The second-order valence-corrected chi connectivity index (χ2v) is 11.1. The number of fused-ring (bicyclic) bond motifs is 2. The van der Waals surface area contributed by atoms with E-state index >= 15 is 0 Å². The summed E-state index contributed by atoms with van der Waals surface area (Å²) in [7, 11) is 0. The first kappa shape index (κ1) is 24.3. The molecule has 0 aliphatic carbocycles. The Morgan fingerprint density at radius 2 is 1.03 bits per heavy atom. The molecule has 0 unspecified atom stereocenters. The van der Waals surface area contributed by atoms with Gasteiger partial charge in [0.25, 0.3) is 0 Å². The van der Waals surface area contributed by atoms with Gasteiger partial charge in [0, 0.05) is 42.5 Å². The maximum absolute atomic E-state index is 2.67. The number of nitrogens with zero attached hydrogens (tertiary/aromatic N) is 3. The summed E-state index contributed by atoms with van der Waals surface area (Å²) in [4.78, 5) is 10.6. The van der Waals surface area contributed by atoms with Crippen molar-refractivity contribution in [1.82, 2.24) is 9.80 Å². The molecule has 4 aromatic rings. The molecule has 0 saturated carbocycles. The second-order valence-electron chi connectivity index (χ2n) is 10.00. The summed E-state index contributed by atoms with van der Waals surface area (Å²) in [5.41, 5.74) is 5.49. The van der Waals surface area contributed by atoms with E-state index in [1.54, 1.807) is 0 Å². The van der Waals surface area contributed by atoms with Gasteiger partial charge in [0.1, 0.15) is 0 Å². The molecule has 37 heavy (non-hydrogen) atoms.